The molecular weight excluding hydrogens is 198 g/mol. The van der Waals surface area contributed by atoms with Crippen molar-refractivity contribution in [3.05, 3.63) is 65.0 Å². The lowest BCUT2D eigenvalue weighted by atomic mass is 10.1. The monoisotopic (exact) mass is 207 g/mol. The fourth-order valence-electron chi connectivity index (χ4n) is 1.94. The molecule has 0 fully saturated rings. The highest BCUT2D eigenvalue weighted by Gasteiger charge is 2.05. The van der Waals surface area contributed by atoms with Gasteiger partial charge in [0.1, 0.15) is 0 Å². The summed E-state index contributed by atoms with van der Waals surface area (Å²) in [5.74, 6) is 0. The molecule has 0 aromatic heterocycles. The van der Waals surface area contributed by atoms with Crippen LogP contribution in [0, 0.1) is 0 Å². The molecule has 0 unspecified atom stereocenters. The van der Waals surface area contributed by atoms with E-state index in [9.17, 15) is 4.79 Å². The molecule has 1 aliphatic carbocycles. The molecule has 2 nitrogen and oxygen atoms in total. The number of pyridine rings is 1. The molecule has 0 N–H and O–H groups in total. The van der Waals surface area contributed by atoms with Crippen LogP contribution in [-0.2, 0) is 0 Å². The molecule has 0 bridgehead atoms. The van der Waals surface area contributed by atoms with Crippen molar-refractivity contribution >= 4 is 10.8 Å². The fraction of sp³-hybridized carbons (Fsp3) is 0. The third-order valence-corrected chi connectivity index (χ3v) is 2.68. The summed E-state index contributed by atoms with van der Waals surface area (Å²) in [5.41, 5.74) is 1.57. The highest BCUT2D eigenvalue weighted by atomic mass is 16.1. The van der Waals surface area contributed by atoms with Crippen LogP contribution in [0.15, 0.2) is 59.4 Å². The van der Waals surface area contributed by atoms with Gasteiger partial charge in [0.2, 0.25) is 0 Å². The topological polar surface area (TPSA) is 30.0 Å². The van der Waals surface area contributed by atoms with Crippen molar-refractivity contribution in [2.75, 3.05) is 0 Å². The Morgan fingerprint density at radius 1 is 0.812 bits per heavy atom. The predicted molar refractivity (Wildman–Crippen MR) is 64.6 cm³/mol. The van der Waals surface area contributed by atoms with Gasteiger partial charge in [-0.25, -0.2) is 4.98 Å². The maximum absolute atomic E-state index is 11.2. The molecule has 76 valence electrons. The van der Waals surface area contributed by atoms with Gasteiger partial charge in [-0.05, 0) is 22.9 Å². The molecule has 1 heterocycles. The zero-order chi connectivity index (χ0) is 11.0. The molecule has 1 aromatic rings. The van der Waals surface area contributed by atoms with E-state index in [1.807, 2.05) is 42.5 Å². The van der Waals surface area contributed by atoms with Crippen molar-refractivity contribution in [2.45, 2.75) is 0 Å². The third-order valence-electron chi connectivity index (χ3n) is 2.68. The van der Waals surface area contributed by atoms with E-state index in [0.29, 0.717) is 0 Å². The van der Waals surface area contributed by atoms with Crippen LogP contribution in [0.1, 0.15) is 0 Å². The summed E-state index contributed by atoms with van der Waals surface area (Å²) in [6.45, 7) is 0. The first-order valence-corrected chi connectivity index (χ1v) is 5.13. The van der Waals surface area contributed by atoms with Gasteiger partial charge >= 0.3 is 0 Å². The lowest BCUT2D eigenvalue weighted by Gasteiger charge is -2.01. The van der Waals surface area contributed by atoms with Crippen molar-refractivity contribution in [3.63, 3.8) is 0 Å². The van der Waals surface area contributed by atoms with E-state index in [1.165, 1.54) is 6.07 Å². The van der Waals surface area contributed by atoms with Gasteiger partial charge in [-0.2, -0.15) is 0 Å². The van der Waals surface area contributed by atoms with Gasteiger partial charge in [-0.1, -0.05) is 36.4 Å². The summed E-state index contributed by atoms with van der Waals surface area (Å²) in [5, 5.41) is 2.27. The number of hydrogen-bond acceptors (Lipinski definition) is 2. The summed E-state index contributed by atoms with van der Waals surface area (Å²) in [6, 6.07) is 17.3. The Bertz CT molecular complexity index is 691. The first kappa shape index (κ1) is 9.04. The van der Waals surface area contributed by atoms with Gasteiger partial charge in [0.25, 0.3) is 5.56 Å². The molecule has 0 atom stereocenters. The van der Waals surface area contributed by atoms with Gasteiger partial charge < -0.3 is 0 Å². The van der Waals surface area contributed by atoms with Gasteiger partial charge in [-0.3, -0.25) is 4.79 Å². The predicted octanol–water partition coefficient (Wildman–Crippen LogP) is 2.70. The third kappa shape index (κ3) is 1.36. The average Bonchev–Trinajstić information content (AvgIpc) is 2.47. The molecule has 0 radical (unpaired) electrons. The highest BCUT2D eigenvalue weighted by molar-refractivity contribution is 5.95. The van der Waals surface area contributed by atoms with Gasteiger partial charge in [0.15, 0.2) is 0 Å². The smallest absolute Gasteiger partial charge is 0.267 e. The van der Waals surface area contributed by atoms with Gasteiger partial charge in [0.05, 0.1) is 5.69 Å². The Hall–Kier alpha value is -2.22. The van der Waals surface area contributed by atoms with E-state index >= 15 is 0 Å². The minimum atomic E-state index is -0.192. The fourth-order valence-corrected chi connectivity index (χ4v) is 1.94. The molecular formula is C14H9NO. The molecule has 0 saturated carbocycles. The van der Waals surface area contributed by atoms with Gasteiger partial charge in [0, 0.05) is 11.6 Å². The van der Waals surface area contributed by atoms with E-state index in [0.717, 1.165) is 22.0 Å². The molecule has 3 rings (SSSR count). The molecule has 1 aromatic carbocycles. The zero-order valence-corrected chi connectivity index (χ0v) is 8.55. The Balaban J connectivity index is 2.56. The van der Waals surface area contributed by atoms with Crippen LogP contribution in [-0.4, -0.2) is 4.98 Å². The molecule has 2 aliphatic rings. The Morgan fingerprint density at radius 3 is 2.56 bits per heavy atom. The van der Waals surface area contributed by atoms with Crippen molar-refractivity contribution in [1.82, 2.24) is 4.98 Å². The van der Waals surface area contributed by atoms with E-state index < -0.39 is 0 Å². The van der Waals surface area contributed by atoms with Gasteiger partial charge in [-0.15, -0.1) is 0 Å². The van der Waals surface area contributed by atoms with Crippen molar-refractivity contribution < 1.29 is 0 Å². The largest absolute Gasteiger partial charge is 0.270 e. The SMILES string of the molecule is O=c1ccc2c3ccccc3cccc-2n1. The summed E-state index contributed by atoms with van der Waals surface area (Å²) in [7, 11) is 0. The summed E-state index contributed by atoms with van der Waals surface area (Å²) < 4.78 is 0. The standard InChI is InChI=1S/C14H9NO/c16-14-9-8-12-11-6-2-1-4-10(11)5-3-7-13(12)15-14/h1-9H. The number of benzene rings is 1. The number of fused-ring (bicyclic) bond motifs is 3. The van der Waals surface area contributed by atoms with Crippen molar-refractivity contribution in [1.29, 1.82) is 0 Å². The average molecular weight is 207 g/mol. The lowest BCUT2D eigenvalue weighted by molar-refractivity contribution is 1.25. The van der Waals surface area contributed by atoms with Crippen LogP contribution in [0.5, 0.6) is 0 Å². The minimum absolute atomic E-state index is 0.192. The zero-order valence-electron chi connectivity index (χ0n) is 8.55. The van der Waals surface area contributed by atoms with Crippen LogP contribution < -0.4 is 5.56 Å². The van der Waals surface area contributed by atoms with E-state index in [-0.39, 0.29) is 5.56 Å². The van der Waals surface area contributed by atoms with Crippen LogP contribution in [0.25, 0.3) is 22.0 Å². The molecule has 0 spiro atoms. The Labute approximate surface area is 92.5 Å². The summed E-state index contributed by atoms with van der Waals surface area (Å²) >= 11 is 0. The van der Waals surface area contributed by atoms with Crippen LogP contribution in [0.4, 0.5) is 0 Å². The number of nitrogens with zero attached hydrogens (tertiary/aromatic N) is 1. The van der Waals surface area contributed by atoms with E-state index in [1.54, 1.807) is 0 Å². The lowest BCUT2D eigenvalue weighted by Crippen LogP contribution is -2.04. The second-order valence-electron chi connectivity index (χ2n) is 3.70. The first-order valence-electron chi connectivity index (χ1n) is 5.13. The van der Waals surface area contributed by atoms with Crippen LogP contribution in [0.2, 0.25) is 0 Å². The van der Waals surface area contributed by atoms with E-state index in [4.69, 9.17) is 0 Å². The molecule has 0 saturated heterocycles. The number of hydrogen-bond donors (Lipinski definition) is 0. The Kier molecular flexibility index (Phi) is 1.93. The maximum Gasteiger partial charge on any atom is 0.270 e. The molecule has 1 aliphatic heterocycles. The van der Waals surface area contributed by atoms with E-state index in [2.05, 4.69) is 11.1 Å². The maximum atomic E-state index is 11.2. The molecule has 0 amide bonds. The highest BCUT2D eigenvalue weighted by Crippen LogP contribution is 2.25. The van der Waals surface area contributed by atoms with Crippen LogP contribution in [0.3, 0.4) is 0 Å². The van der Waals surface area contributed by atoms with Crippen molar-refractivity contribution in [2.24, 2.45) is 0 Å². The second-order valence-corrected chi connectivity index (χ2v) is 3.70. The first-order chi connectivity index (χ1) is 7.84. The number of aromatic nitrogens is 1. The normalized spacial score (nSPS) is 10.8. The summed E-state index contributed by atoms with van der Waals surface area (Å²) in [4.78, 5) is 15.2. The second kappa shape index (κ2) is 3.42. The molecule has 2 heteroatoms. The minimum Gasteiger partial charge on any atom is -0.267 e. The molecule has 16 heavy (non-hydrogen) atoms. The Morgan fingerprint density at radius 2 is 1.62 bits per heavy atom. The van der Waals surface area contributed by atoms with Crippen LogP contribution >= 0.6 is 0 Å². The summed E-state index contributed by atoms with van der Waals surface area (Å²) in [6.07, 6.45) is 0. The quantitative estimate of drug-likeness (QED) is 0.567. The number of rotatable bonds is 0. The van der Waals surface area contributed by atoms with Crippen molar-refractivity contribution in [3.8, 4) is 11.3 Å².